The summed E-state index contributed by atoms with van der Waals surface area (Å²) in [4.78, 5) is 23.3. The van der Waals surface area contributed by atoms with Gasteiger partial charge in [-0.15, -0.1) is 0 Å². The highest BCUT2D eigenvalue weighted by Crippen LogP contribution is 2.25. The molecule has 0 aromatic heterocycles. The number of halogens is 1. The number of hydrogen-bond donors (Lipinski definition) is 2. The average Bonchev–Trinajstić information content (AvgIpc) is 2.42. The van der Waals surface area contributed by atoms with Crippen molar-refractivity contribution in [3.05, 3.63) is 35.6 Å². The Kier molecular flexibility index (Phi) is 6.09. The molecule has 1 aromatic rings. The second kappa shape index (κ2) is 7.41. The van der Waals surface area contributed by atoms with Crippen LogP contribution in [0.3, 0.4) is 0 Å². The fourth-order valence-electron chi connectivity index (χ4n) is 1.88. The van der Waals surface area contributed by atoms with Crippen LogP contribution in [-0.2, 0) is 20.0 Å². The molecule has 1 unspecified atom stereocenters. The van der Waals surface area contributed by atoms with Gasteiger partial charge in [-0.1, -0.05) is 12.1 Å². The van der Waals surface area contributed by atoms with Crippen LogP contribution < -0.4 is 5.32 Å². The fourth-order valence-corrected chi connectivity index (χ4v) is 1.88. The summed E-state index contributed by atoms with van der Waals surface area (Å²) >= 11 is 0. The van der Waals surface area contributed by atoms with Crippen LogP contribution >= 0.6 is 0 Å². The summed E-state index contributed by atoms with van der Waals surface area (Å²) in [6.07, 6.45) is -1.24. The number of alkyl carbamates (subject to hydrolysis) is 1. The van der Waals surface area contributed by atoms with Crippen molar-refractivity contribution in [2.45, 2.75) is 44.9 Å². The van der Waals surface area contributed by atoms with Gasteiger partial charge in [0.15, 0.2) is 5.72 Å². The van der Waals surface area contributed by atoms with Crippen molar-refractivity contribution in [3.8, 4) is 0 Å². The third kappa shape index (κ3) is 6.23. The molecule has 1 rings (SSSR count). The molecule has 1 aromatic carbocycles. The molecular weight excluding hydrogens is 305 g/mol. The van der Waals surface area contributed by atoms with Crippen molar-refractivity contribution in [1.82, 2.24) is 5.32 Å². The van der Waals surface area contributed by atoms with Gasteiger partial charge in [0.25, 0.3) is 0 Å². The van der Waals surface area contributed by atoms with Gasteiger partial charge in [0, 0.05) is 12.0 Å². The van der Waals surface area contributed by atoms with Crippen molar-refractivity contribution in [3.63, 3.8) is 0 Å². The predicted octanol–water partition coefficient (Wildman–Crippen LogP) is 2.45. The van der Waals surface area contributed by atoms with Gasteiger partial charge in [-0.25, -0.2) is 9.18 Å². The second-order valence-electron chi connectivity index (χ2n) is 6.07. The number of methoxy groups -OCH3 is 1. The van der Waals surface area contributed by atoms with Crippen LogP contribution in [0.4, 0.5) is 9.18 Å². The molecule has 1 amide bonds. The van der Waals surface area contributed by atoms with E-state index in [1.54, 1.807) is 20.8 Å². The van der Waals surface area contributed by atoms with Gasteiger partial charge in [-0.05, 0) is 32.9 Å². The van der Waals surface area contributed by atoms with Crippen molar-refractivity contribution < 1.29 is 28.6 Å². The maximum Gasteiger partial charge on any atom is 0.410 e. The number of carbonyl (C=O) groups is 2. The molecule has 0 saturated carbocycles. The lowest BCUT2D eigenvalue weighted by atomic mass is 9.97. The van der Waals surface area contributed by atoms with Gasteiger partial charge < -0.3 is 14.6 Å². The maximum absolute atomic E-state index is 13.4. The van der Waals surface area contributed by atoms with E-state index in [4.69, 9.17) is 4.74 Å². The molecular formula is C16H22FNO5. The molecule has 2 N–H and O–H groups in total. The molecule has 7 heteroatoms. The molecule has 0 fully saturated rings. The first kappa shape index (κ1) is 18.9. The van der Waals surface area contributed by atoms with Crippen molar-refractivity contribution in [2.75, 3.05) is 7.11 Å². The SMILES string of the molecule is COC(=O)CCC(O)(NC(=O)OC(C)(C)C)c1cccc(F)c1. The van der Waals surface area contributed by atoms with Crippen LogP contribution in [0.1, 0.15) is 39.2 Å². The molecule has 6 nitrogen and oxygen atoms in total. The summed E-state index contributed by atoms with van der Waals surface area (Å²) in [7, 11) is 1.21. The number of esters is 1. The lowest BCUT2D eigenvalue weighted by Crippen LogP contribution is -2.48. The van der Waals surface area contributed by atoms with Gasteiger partial charge in [0.1, 0.15) is 11.4 Å². The van der Waals surface area contributed by atoms with Crippen LogP contribution in [0.25, 0.3) is 0 Å². The Morgan fingerprint density at radius 1 is 1.30 bits per heavy atom. The summed E-state index contributed by atoms with van der Waals surface area (Å²) < 4.78 is 23.0. The largest absolute Gasteiger partial charge is 0.469 e. The highest BCUT2D eigenvalue weighted by Gasteiger charge is 2.34. The van der Waals surface area contributed by atoms with E-state index in [2.05, 4.69) is 10.1 Å². The first-order valence-electron chi connectivity index (χ1n) is 7.12. The summed E-state index contributed by atoms with van der Waals surface area (Å²) in [5.41, 5.74) is -2.62. The minimum atomic E-state index is -1.96. The minimum Gasteiger partial charge on any atom is -0.469 e. The van der Waals surface area contributed by atoms with Gasteiger partial charge in [0.2, 0.25) is 0 Å². The smallest absolute Gasteiger partial charge is 0.410 e. The zero-order chi connectivity index (χ0) is 17.7. The number of benzene rings is 1. The quantitative estimate of drug-likeness (QED) is 0.641. The Hall–Kier alpha value is -2.15. The second-order valence-corrected chi connectivity index (χ2v) is 6.07. The van der Waals surface area contributed by atoms with E-state index in [1.807, 2.05) is 0 Å². The normalized spacial score (nSPS) is 13.8. The van der Waals surface area contributed by atoms with E-state index >= 15 is 0 Å². The molecule has 0 aliphatic heterocycles. The van der Waals surface area contributed by atoms with Crippen molar-refractivity contribution in [2.24, 2.45) is 0 Å². The lowest BCUT2D eigenvalue weighted by molar-refractivity contribution is -0.142. The zero-order valence-electron chi connectivity index (χ0n) is 13.7. The number of ether oxygens (including phenoxy) is 2. The summed E-state index contributed by atoms with van der Waals surface area (Å²) in [6.45, 7) is 5.01. The van der Waals surface area contributed by atoms with Crippen LogP contribution in [-0.4, -0.2) is 29.9 Å². The average molecular weight is 327 g/mol. The number of carbonyl (C=O) groups excluding carboxylic acids is 2. The lowest BCUT2D eigenvalue weighted by Gasteiger charge is -2.31. The Labute approximate surface area is 134 Å². The van der Waals surface area contributed by atoms with Crippen LogP contribution in [0.15, 0.2) is 24.3 Å². The number of rotatable bonds is 5. The number of hydrogen-bond acceptors (Lipinski definition) is 5. The molecule has 0 bridgehead atoms. The van der Waals surface area contributed by atoms with Gasteiger partial charge in [-0.3, -0.25) is 10.1 Å². The Bertz CT molecular complexity index is 570. The summed E-state index contributed by atoms with van der Waals surface area (Å²) in [5, 5.41) is 13.0. The van der Waals surface area contributed by atoms with Crippen LogP contribution in [0.2, 0.25) is 0 Å². The van der Waals surface area contributed by atoms with Crippen molar-refractivity contribution in [1.29, 1.82) is 0 Å². The molecule has 0 aliphatic carbocycles. The third-order valence-corrected chi connectivity index (χ3v) is 2.93. The number of nitrogens with one attached hydrogen (secondary N) is 1. The third-order valence-electron chi connectivity index (χ3n) is 2.93. The molecule has 0 radical (unpaired) electrons. The minimum absolute atomic E-state index is 0.104. The molecule has 128 valence electrons. The Morgan fingerprint density at radius 3 is 2.48 bits per heavy atom. The standard InChI is InChI=1S/C16H22FNO5/c1-15(2,3)23-14(20)18-16(21,9-8-13(19)22-4)11-6-5-7-12(17)10-11/h5-7,10,21H,8-9H2,1-4H3,(H,18,20). The number of amides is 1. The topological polar surface area (TPSA) is 84.9 Å². The van der Waals surface area contributed by atoms with Crippen molar-refractivity contribution >= 4 is 12.1 Å². The molecule has 0 heterocycles. The zero-order valence-corrected chi connectivity index (χ0v) is 13.7. The maximum atomic E-state index is 13.4. The highest BCUT2D eigenvalue weighted by atomic mass is 19.1. The van der Waals surface area contributed by atoms with E-state index in [1.165, 1.54) is 25.3 Å². The monoisotopic (exact) mass is 327 g/mol. The van der Waals surface area contributed by atoms with Crippen LogP contribution in [0.5, 0.6) is 0 Å². The van der Waals surface area contributed by atoms with Gasteiger partial charge >= 0.3 is 12.1 Å². The fraction of sp³-hybridized carbons (Fsp3) is 0.500. The first-order chi connectivity index (χ1) is 10.6. The molecule has 0 spiro atoms. The molecule has 23 heavy (non-hydrogen) atoms. The molecule has 1 atom stereocenters. The number of aliphatic hydroxyl groups is 1. The predicted molar refractivity (Wildman–Crippen MR) is 80.9 cm³/mol. The van der Waals surface area contributed by atoms with E-state index in [-0.39, 0.29) is 18.4 Å². The van der Waals surface area contributed by atoms with Crippen LogP contribution in [0, 0.1) is 5.82 Å². The van der Waals surface area contributed by atoms with E-state index in [9.17, 15) is 19.1 Å². The summed E-state index contributed by atoms with van der Waals surface area (Å²) in [6, 6.07) is 5.12. The van der Waals surface area contributed by atoms with Gasteiger partial charge in [-0.2, -0.15) is 0 Å². The van der Waals surface area contributed by atoms with E-state index in [0.717, 1.165) is 6.07 Å². The van der Waals surface area contributed by atoms with E-state index < -0.39 is 29.2 Å². The first-order valence-corrected chi connectivity index (χ1v) is 7.12. The van der Waals surface area contributed by atoms with E-state index in [0.29, 0.717) is 0 Å². The Morgan fingerprint density at radius 2 is 1.96 bits per heavy atom. The van der Waals surface area contributed by atoms with Gasteiger partial charge in [0.05, 0.1) is 13.5 Å². The molecule has 0 aliphatic rings. The Balaban J connectivity index is 3.00. The molecule has 0 saturated heterocycles. The highest BCUT2D eigenvalue weighted by molar-refractivity contribution is 5.70. The summed E-state index contributed by atoms with van der Waals surface area (Å²) in [5.74, 6) is -1.14.